The zero-order valence-corrected chi connectivity index (χ0v) is 13.3. The van der Waals surface area contributed by atoms with Gasteiger partial charge in [-0.25, -0.2) is 5.43 Å². The highest BCUT2D eigenvalue weighted by atomic mass is 19.4. The number of nitrogens with one attached hydrogen (secondary N) is 1. The van der Waals surface area contributed by atoms with Gasteiger partial charge in [0, 0.05) is 24.0 Å². The van der Waals surface area contributed by atoms with Crippen molar-refractivity contribution in [1.29, 1.82) is 0 Å². The van der Waals surface area contributed by atoms with Crippen molar-refractivity contribution in [3.8, 4) is 0 Å². The van der Waals surface area contributed by atoms with Crippen LogP contribution in [0.2, 0.25) is 0 Å². The first kappa shape index (κ1) is 17.8. The number of aromatic nitrogens is 1. The second-order valence-corrected chi connectivity index (χ2v) is 5.65. The van der Waals surface area contributed by atoms with Crippen LogP contribution in [0.3, 0.4) is 0 Å². The predicted molar refractivity (Wildman–Crippen MR) is 85.7 cm³/mol. The van der Waals surface area contributed by atoms with Gasteiger partial charge < -0.3 is 4.57 Å². The Balaban J connectivity index is 1.92. The van der Waals surface area contributed by atoms with Crippen molar-refractivity contribution in [3.05, 3.63) is 59.4 Å². The molecule has 0 aliphatic heterocycles. The minimum atomic E-state index is -4.42. The molecule has 2 rings (SSSR count). The second kappa shape index (κ2) is 7.33. The molecule has 0 aliphatic rings. The Bertz CT molecular complexity index is 733. The number of nitrogens with zero attached hydrogens (tertiary/aromatic N) is 2. The summed E-state index contributed by atoms with van der Waals surface area (Å²) in [6.07, 6.45) is 0.676. The lowest BCUT2D eigenvalue weighted by molar-refractivity contribution is -0.137. The van der Waals surface area contributed by atoms with Gasteiger partial charge >= 0.3 is 6.18 Å². The Hall–Kier alpha value is -2.57. The molecule has 0 fully saturated rings. The first-order chi connectivity index (χ1) is 11.3. The Morgan fingerprint density at radius 1 is 1.33 bits per heavy atom. The van der Waals surface area contributed by atoms with Crippen LogP contribution in [-0.2, 0) is 17.4 Å². The number of alkyl halides is 3. The Kier molecular flexibility index (Phi) is 5.43. The molecule has 1 N–H and O–H groups in total. The Labute approximate surface area is 138 Å². The summed E-state index contributed by atoms with van der Waals surface area (Å²) in [6.45, 7) is 4.08. The van der Waals surface area contributed by atoms with Crippen molar-refractivity contribution in [2.45, 2.75) is 32.5 Å². The lowest BCUT2D eigenvalue weighted by atomic mass is 10.1. The molecule has 1 aromatic heterocycles. The summed E-state index contributed by atoms with van der Waals surface area (Å²) in [6, 6.07) is 6.86. The molecule has 4 nitrogen and oxygen atoms in total. The monoisotopic (exact) mass is 337 g/mol. The zero-order chi connectivity index (χ0) is 17.7. The average molecular weight is 337 g/mol. The molecule has 0 aliphatic carbocycles. The van der Waals surface area contributed by atoms with Crippen LogP contribution in [-0.4, -0.2) is 16.7 Å². The molecule has 2 aromatic rings. The maximum atomic E-state index is 12.6. The number of hydrogen-bond donors (Lipinski definition) is 1. The molecule has 128 valence electrons. The van der Waals surface area contributed by atoms with Gasteiger partial charge in [-0.2, -0.15) is 18.3 Å². The summed E-state index contributed by atoms with van der Waals surface area (Å²) in [4.78, 5) is 11.8. The molecule has 0 saturated carbocycles. The molecule has 1 amide bonds. The van der Waals surface area contributed by atoms with E-state index in [-0.39, 0.29) is 12.0 Å². The maximum Gasteiger partial charge on any atom is 0.416 e. The summed E-state index contributed by atoms with van der Waals surface area (Å²) in [5.74, 6) is -0.478. The Morgan fingerprint density at radius 2 is 2.08 bits per heavy atom. The van der Waals surface area contributed by atoms with E-state index < -0.39 is 17.6 Å². The summed E-state index contributed by atoms with van der Waals surface area (Å²) in [5, 5.41) is 3.82. The van der Waals surface area contributed by atoms with Gasteiger partial charge in [0.05, 0.1) is 18.2 Å². The van der Waals surface area contributed by atoms with Gasteiger partial charge in [-0.3, -0.25) is 4.79 Å². The topological polar surface area (TPSA) is 46.4 Å². The number of hydrazone groups is 1. The lowest BCUT2D eigenvalue weighted by Gasteiger charge is -2.08. The molecular formula is C17H18F3N3O. The quantitative estimate of drug-likeness (QED) is 0.655. The number of amides is 1. The van der Waals surface area contributed by atoms with Crippen LogP contribution in [0.15, 0.2) is 47.8 Å². The minimum absolute atomic E-state index is 0.172. The van der Waals surface area contributed by atoms with E-state index in [1.165, 1.54) is 18.3 Å². The Morgan fingerprint density at radius 3 is 2.71 bits per heavy atom. The van der Waals surface area contributed by atoms with E-state index in [4.69, 9.17) is 0 Å². The van der Waals surface area contributed by atoms with E-state index >= 15 is 0 Å². The van der Waals surface area contributed by atoms with E-state index in [1.807, 2.05) is 36.9 Å². The van der Waals surface area contributed by atoms with E-state index in [1.54, 1.807) is 0 Å². The molecule has 1 aromatic carbocycles. The molecule has 7 heteroatoms. The molecule has 0 radical (unpaired) electrons. The van der Waals surface area contributed by atoms with Gasteiger partial charge in [0.15, 0.2) is 0 Å². The fourth-order valence-corrected chi connectivity index (χ4v) is 2.09. The fourth-order valence-electron chi connectivity index (χ4n) is 2.09. The van der Waals surface area contributed by atoms with Gasteiger partial charge in [0.25, 0.3) is 0 Å². The molecule has 0 unspecified atom stereocenters. The third-order valence-corrected chi connectivity index (χ3v) is 3.36. The highest BCUT2D eigenvalue weighted by Gasteiger charge is 2.30. The van der Waals surface area contributed by atoms with E-state index in [2.05, 4.69) is 10.5 Å². The fraction of sp³-hybridized carbons (Fsp3) is 0.294. The smallest absolute Gasteiger partial charge is 0.351 e. The summed E-state index contributed by atoms with van der Waals surface area (Å²) in [5.41, 5.74) is 2.65. The normalized spacial score (nSPS) is 12.1. The number of carbonyl (C=O) groups is 1. The molecule has 0 atom stereocenters. The van der Waals surface area contributed by atoms with Gasteiger partial charge in [0.1, 0.15) is 0 Å². The summed E-state index contributed by atoms with van der Waals surface area (Å²) < 4.78 is 39.9. The average Bonchev–Trinajstić information content (AvgIpc) is 2.96. The standard InChI is InChI=1S/C17H18F3N3O/c1-12(2)23-7-6-14(11-23)10-21-22-16(24)9-13-4-3-5-15(8-13)17(18,19)20/h3-8,10-12H,9H2,1-2H3,(H,22,24)/b21-10+. The number of carbonyl (C=O) groups excluding carboxylic acids is 1. The van der Waals surface area contributed by atoms with Crippen LogP contribution in [0, 0.1) is 0 Å². The van der Waals surface area contributed by atoms with Crippen LogP contribution < -0.4 is 5.43 Å². The van der Waals surface area contributed by atoms with Gasteiger partial charge in [0.2, 0.25) is 5.91 Å². The van der Waals surface area contributed by atoms with Crippen LogP contribution in [0.5, 0.6) is 0 Å². The van der Waals surface area contributed by atoms with Crippen molar-refractivity contribution in [2.75, 3.05) is 0 Å². The van der Waals surface area contributed by atoms with Crippen LogP contribution in [0.1, 0.15) is 36.6 Å². The highest BCUT2D eigenvalue weighted by Crippen LogP contribution is 2.29. The van der Waals surface area contributed by atoms with Crippen LogP contribution >= 0.6 is 0 Å². The maximum absolute atomic E-state index is 12.6. The van der Waals surface area contributed by atoms with Crippen molar-refractivity contribution in [2.24, 2.45) is 5.10 Å². The molecule has 24 heavy (non-hydrogen) atoms. The van der Waals surface area contributed by atoms with Crippen LogP contribution in [0.25, 0.3) is 0 Å². The predicted octanol–water partition coefficient (Wildman–Crippen LogP) is 3.78. The summed E-state index contributed by atoms with van der Waals surface area (Å²) in [7, 11) is 0. The largest absolute Gasteiger partial charge is 0.416 e. The lowest BCUT2D eigenvalue weighted by Crippen LogP contribution is -2.20. The SMILES string of the molecule is CC(C)n1ccc(/C=N/NC(=O)Cc2cccc(C(F)(F)F)c2)c1. The van der Waals surface area contributed by atoms with E-state index in [0.29, 0.717) is 6.04 Å². The van der Waals surface area contributed by atoms with Gasteiger partial charge in [-0.1, -0.05) is 18.2 Å². The number of rotatable bonds is 5. The molecule has 0 bridgehead atoms. The molecule has 1 heterocycles. The molecule has 0 spiro atoms. The van der Waals surface area contributed by atoms with Crippen molar-refractivity contribution in [1.82, 2.24) is 9.99 Å². The summed E-state index contributed by atoms with van der Waals surface area (Å²) >= 11 is 0. The van der Waals surface area contributed by atoms with Crippen molar-refractivity contribution >= 4 is 12.1 Å². The van der Waals surface area contributed by atoms with E-state index in [0.717, 1.165) is 17.7 Å². The minimum Gasteiger partial charge on any atom is -0.351 e. The zero-order valence-electron chi connectivity index (χ0n) is 13.3. The van der Waals surface area contributed by atoms with Gasteiger partial charge in [-0.05, 0) is 31.5 Å². The third kappa shape index (κ3) is 4.97. The second-order valence-electron chi connectivity index (χ2n) is 5.65. The number of halogens is 3. The van der Waals surface area contributed by atoms with E-state index in [9.17, 15) is 18.0 Å². The van der Waals surface area contributed by atoms with Crippen LogP contribution in [0.4, 0.5) is 13.2 Å². The van der Waals surface area contributed by atoms with Crippen molar-refractivity contribution < 1.29 is 18.0 Å². The first-order valence-corrected chi connectivity index (χ1v) is 7.41. The van der Waals surface area contributed by atoms with Gasteiger partial charge in [-0.15, -0.1) is 0 Å². The first-order valence-electron chi connectivity index (χ1n) is 7.41. The van der Waals surface area contributed by atoms with Crippen molar-refractivity contribution in [3.63, 3.8) is 0 Å². The third-order valence-electron chi connectivity index (χ3n) is 3.36. The number of benzene rings is 1. The molecular weight excluding hydrogens is 319 g/mol. The highest BCUT2D eigenvalue weighted by molar-refractivity contribution is 5.83. The number of hydrogen-bond acceptors (Lipinski definition) is 2. The molecule has 0 saturated heterocycles.